The van der Waals surface area contributed by atoms with E-state index in [-0.39, 0.29) is 10.6 Å². The summed E-state index contributed by atoms with van der Waals surface area (Å²) in [6.45, 7) is 3.72. The summed E-state index contributed by atoms with van der Waals surface area (Å²) in [5.74, 6) is -0.541. The predicted molar refractivity (Wildman–Crippen MR) is 73.4 cm³/mol. The maximum absolute atomic E-state index is 13.4. The fourth-order valence-electron chi connectivity index (χ4n) is 1.57. The van der Waals surface area contributed by atoms with Crippen LogP contribution in [0.15, 0.2) is 35.6 Å². The molecule has 0 bridgehead atoms. The molecule has 0 aliphatic heterocycles. The Bertz CT molecular complexity index is 697. The normalized spacial score (nSPS) is 10.3. The second kappa shape index (κ2) is 5.24. The molecule has 98 valence electrons. The molecule has 1 heterocycles. The van der Waals surface area contributed by atoms with Crippen LogP contribution in [0.2, 0.25) is 5.02 Å². The van der Waals surface area contributed by atoms with Crippen LogP contribution >= 0.6 is 11.6 Å². The molecule has 1 aromatic carbocycles. The Balaban J connectivity index is 2.54. The first kappa shape index (κ1) is 13.3. The average molecular weight is 280 g/mol. The highest BCUT2D eigenvalue weighted by Gasteiger charge is 2.09. The number of hydrogen-bond acceptors (Lipinski definition) is 3. The van der Waals surface area contributed by atoms with E-state index in [4.69, 9.17) is 11.6 Å². The molecule has 0 aliphatic carbocycles. The van der Waals surface area contributed by atoms with Gasteiger partial charge < -0.3 is 5.32 Å². The second-order valence-corrected chi connectivity index (χ2v) is 4.26. The van der Waals surface area contributed by atoms with Crippen LogP contribution < -0.4 is 10.9 Å². The van der Waals surface area contributed by atoms with Gasteiger partial charge in [-0.05, 0) is 18.2 Å². The minimum atomic E-state index is -0.541. The maximum atomic E-state index is 13.4. The molecule has 0 atom stereocenters. The van der Waals surface area contributed by atoms with E-state index in [1.165, 1.54) is 12.1 Å². The zero-order valence-electron chi connectivity index (χ0n) is 10.1. The number of benzene rings is 1. The van der Waals surface area contributed by atoms with E-state index in [1.807, 2.05) is 0 Å². The standard InChI is InChI=1S/C13H11ClFN3O/c1-7(16-2)9-6-12(17-18-13(9)19)8-3-4-10(14)11(15)5-8/h3-6,16H,1H2,2H3,(H,18,19). The van der Waals surface area contributed by atoms with Gasteiger partial charge in [0.15, 0.2) is 0 Å². The van der Waals surface area contributed by atoms with E-state index >= 15 is 0 Å². The Labute approximate surface area is 113 Å². The minimum absolute atomic E-state index is 0.0352. The number of nitrogens with zero attached hydrogens (tertiary/aromatic N) is 1. The van der Waals surface area contributed by atoms with Crippen molar-refractivity contribution in [3.8, 4) is 11.3 Å². The molecular weight excluding hydrogens is 269 g/mol. The predicted octanol–water partition coefficient (Wildman–Crippen LogP) is 2.42. The third-order valence-electron chi connectivity index (χ3n) is 2.65. The number of aromatic amines is 1. The zero-order valence-corrected chi connectivity index (χ0v) is 10.9. The van der Waals surface area contributed by atoms with Crippen LogP contribution in [0.4, 0.5) is 4.39 Å². The Kier molecular flexibility index (Phi) is 3.66. The molecule has 0 amide bonds. The molecule has 0 fully saturated rings. The monoisotopic (exact) mass is 279 g/mol. The molecule has 1 aromatic heterocycles. The molecule has 4 nitrogen and oxygen atoms in total. The first-order valence-corrected chi connectivity index (χ1v) is 5.83. The molecule has 2 rings (SSSR count). The summed E-state index contributed by atoms with van der Waals surface area (Å²) in [5, 5.41) is 9.05. The summed E-state index contributed by atoms with van der Waals surface area (Å²) in [4.78, 5) is 11.6. The molecule has 2 aromatic rings. The van der Waals surface area contributed by atoms with Gasteiger partial charge in [-0.2, -0.15) is 5.10 Å². The largest absolute Gasteiger partial charge is 0.388 e. The number of aromatic nitrogens is 2. The lowest BCUT2D eigenvalue weighted by molar-refractivity contribution is 0.628. The van der Waals surface area contributed by atoms with Crippen molar-refractivity contribution in [3.63, 3.8) is 0 Å². The summed E-state index contributed by atoms with van der Waals surface area (Å²) in [6, 6.07) is 5.86. The number of hydrogen-bond donors (Lipinski definition) is 2. The number of halogens is 2. The van der Waals surface area contributed by atoms with Crippen LogP contribution in [0.25, 0.3) is 17.0 Å². The average Bonchev–Trinajstić information content (AvgIpc) is 2.41. The Hall–Kier alpha value is -2.14. The smallest absolute Gasteiger partial charge is 0.273 e. The van der Waals surface area contributed by atoms with Gasteiger partial charge in [-0.25, -0.2) is 9.49 Å². The highest BCUT2D eigenvalue weighted by molar-refractivity contribution is 6.30. The zero-order chi connectivity index (χ0) is 14.0. The van der Waals surface area contributed by atoms with E-state index in [0.717, 1.165) is 0 Å². The van der Waals surface area contributed by atoms with Crippen LogP contribution in [-0.4, -0.2) is 17.2 Å². The van der Waals surface area contributed by atoms with E-state index in [0.29, 0.717) is 22.5 Å². The van der Waals surface area contributed by atoms with Crippen molar-refractivity contribution >= 4 is 17.3 Å². The summed E-state index contributed by atoms with van der Waals surface area (Å²) >= 11 is 5.62. The molecule has 0 unspecified atom stereocenters. The fraction of sp³-hybridized carbons (Fsp3) is 0.0769. The highest BCUT2D eigenvalue weighted by Crippen LogP contribution is 2.23. The van der Waals surface area contributed by atoms with Crippen molar-refractivity contribution in [2.45, 2.75) is 0 Å². The molecule has 0 spiro atoms. The third kappa shape index (κ3) is 2.66. The second-order valence-electron chi connectivity index (χ2n) is 3.85. The third-order valence-corrected chi connectivity index (χ3v) is 2.95. The van der Waals surface area contributed by atoms with Gasteiger partial charge in [0.25, 0.3) is 5.56 Å². The number of H-pyrrole nitrogens is 1. The van der Waals surface area contributed by atoms with Crippen LogP contribution in [0.3, 0.4) is 0 Å². The number of rotatable bonds is 3. The Morgan fingerprint density at radius 3 is 2.84 bits per heavy atom. The lowest BCUT2D eigenvalue weighted by Gasteiger charge is -2.06. The van der Waals surface area contributed by atoms with Gasteiger partial charge >= 0.3 is 0 Å². The SMILES string of the molecule is C=C(NC)c1cc(-c2ccc(Cl)c(F)c2)n[nH]c1=O. The quantitative estimate of drug-likeness (QED) is 0.907. The molecule has 2 N–H and O–H groups in total. The summed E-state index contributed by atoms with van der Waals surface area (Å²) in [5.41, 5.74) is 1.39. The van der Waals surface area contributed by atoms with Gasteiger partial charge in [0, 0.05) is 18.3 Å². The molecule has 19 heavy (non-hydrogen) atoms. The molecule has 6 heteroatoms. The first-order valence-electron chi connectivity index (χ1n) is 5.45. The van der Waals surface area contributed by atoms with Gasteiger partial charge in [-0.15, -0.1) is 0 Å². The van der Waals surface area contributed by atoms with E-state index in [2.05, 4.69) is 22.1 Å². The van der Waals surface area contributed by atoms with E-state index in [1.54, 1.807) is 19.2 Å². The molecule has 0 saturated carbocycles. The first-order chi connectivity index (χ1) is 9.02. The summed E-state index contributed by atoms with van der Waals surface area (Å²) < 4.78 is 13.4. The van der Waals surface area contributed by atoms with E-state index in [9.17, 15) is 9.18 Å². The molecule has 0 radical (unpaired) electrons. The number of nitrogens with one attached hydrogen (secondary N) is 2. The van der Waals surface area contributed by atoms with Crippen LogP contribution in [0, 0.1) is 5.82 Å². The van der Waals surface area contributed by atoms with E-state index < -0.39 is 5.82 Å². The van der Waals surface area contributed by atoms with Crippen LogP contribution in [-0.2, 0) is 0 Å². The van der Waals surface area contributed by atoms with Gasteiger partial charge in [0.05, 0.1) is 16.3 Å². The Morgan fingerprint density at radius 2 is 2.21 bits per heavy atom. The van der Waals surface area contributed by atoms with Gasteiger partial charge in [-0.1, -0.05) is 24.2 Å². The Morgan fingerprint density at radius 1 is 1.47 bits per heavy atom. The van der Waals surface area contributed by atoms with Crippen molar-refractivity contribution in [2.75, 3.05) is 7.05 Å². The molecular formula is C13H11ClFN3O. The van der Waals surface area contributed by atoms with Crippen molar-refractivity contribution < 1.29 is 4.39 Å². The summed E-state index contributed by atoms with van der Waals surface area (Å²) in [7, 11) is 1.66. The van der Waals surface area contributed by atoms with Gasteiger partial charge in [0.1, 0.15) is 5.82 Å². The van der Waals surface area contributed by atoms with Crippen molar-refractivity contribution in [2.24, 2.45) is 0 Å². The molecule has 0 aliphatic rings. The topological polar surface area (TPSA) is 57.8 Å². The van der Waals surface area contributed by atoms with Crippen molar-refractivity contribution in [1.82, 2.24) is 15.5 Å². The van der Waals surface area contributed by atoms with Crippen LogP contribution in [0.1, 0.15) is 5.56 Å². The lowest BCUT2D eigenvalue weighted by atomic mass is 10.1. The van der Waals surface area contributed by atoms with Crippen LogP contribution in [0.5, 0.6) is 0 Å². The minimum Gasteiger partial charge on any atom is -0.388 e. The molecule has 0 saturated heterocycles. The van der Waals surface area contributed by atoms with Crippen molar-refractivity contribution in [1.29, 1.82) is 0 Å². The summed E-state index contributed by atoms with van der Waals surface area (Å²) in [6.07, 6.45) is 0. The van der Waals surface area contributed by atoms with Gasteiger partial charge in [0.2, 0.25) is 0 Å². The van der Waals surface area contributed by atoms with Gasteiger partial charge in [-0.3, -0.25) is 4.79 Å². The fourth-order valence-corrected chi connectivity index (χ4v) is 1.69. The highest BCUT2D eigenvalue weighted by atomic mass is 35.5. The van der Waals surface area contributed by atoms with Crippen molar-refractivity contribution in [3.05, 3.63) is 57.6 Å². The maximum Gasteiger partial charge on any atom is 0.273 e. The lowest BCUT2D eigenvalue weighted by Crippen LogP contribution is -2.18.